The molecule has 18 heavy (non-hydrogen) atoms. The van der Waals surface area contributed by atoms with Gasteiger partial charge in [-0.15, -0.1) is 0 Å². The molecule has 6 heteroatoms. The van der Waals surface area contributed by atoms with E-state index in [2.05, 4.69) is 15.5 Å². The number of hydrogen-bond donors (Lipinski definition) is 2. The molecule has 2 heterocycles. The van der Waals surface area contributed by atoms with Gasteiger partial charge in [0.25, 0.3) is 0 Å². The molecule has 100 valence electrons. The highest BCUT2D eigenvalue weighted by Gasteiger charge is 2.24. The lowest BCUT2D eigenvalue weighted by Crippen LogP contribution is -2.44. The van der Waals surface area contributed by atoms with E-state index in [1.54, 1.807) is 11.1 Å². The molecule has 2 N–H and O–H groups in total. The summed E-state index contributed by atoms with van der Waals surface area (Å²) in [6.45, 7) is 1.51. The van der Waals surface area contributed by atoms with Gasteiger partial charge >= 0.3 is 6.03 Å². The van der Waals surface area contributed by atoms with E-state index in [4.69, 9.17) is 0 Å². The maximum absolute atomic E-state index is 11.9. The summed E-state index contributed by atoms with van der Waals surface area (Å²) in [5.74, 6) is 0.461. The van der Waals surface area contributed by atoms with E-state index in [-0.39, 0.29) is 12.7 Å². The SMILES string of the molecule is O=C(NCCCF)N1CCC(c2ccn[nH]2)CC1. The van der Waals surface area contributed by atoms with Gasteiger partial charge in [0.2, 0.25) is 0 Å². The van der Waals surface area contributed by atoms with Crippen LogP contribution in [0.4, 0.5) is 9.18 Å². The van der Waals surface area contributed by atoms with Crippen LogP contribution in [0.2, 0.25) is 0 Å². The van der Waals surface area contributed by atoms with Crippen molar-refractivity contribution in [3.63, 3.8) is 0 Å². The van der Waals surface area contributed by atoms with Crippen LogP contribution in [0.1, 0.15) is 30.9 Å². The van der Waals surface area contributed by atoms with Crippen LogP contribution in [0.3, 0.4) is 0 Å². The lowest BCUT2D eigenvalue weighted by atomic mass is 9.94. The normalized spacial score (nSPS) is 16.8. The maximum atomic E-state index is 11.9. The summed E-state index contributed by atoms with van der Waals surface area (Å²) in [6, 6.07) is 1.91. The highest BCUT2D eigenvalue weighted by atomic mass is 19.1. The number of alkyl halides is 1. The Morgan fingerprint density at radius 2 is 2.33 bits per heavy atom. The molecule has 5 nitrogen and oxygen atoms in total. The summed E-state index contributed by atoms with van der Waals surface area (Å²) >= 11 is 0. The molecule has 0 spiro atoms. The predicted molar refractivity (Wildman–Crippen MR) is 66.1 cm³/mol. The number of urea groups is 1. The largest absolute Gasteiger partial charge is 0.338 e. The van der Waals surface area contributed by atoms with Crippen LogP contribution < -0.4 is 5.32 Å². The van der Waals surface area contributed by atoms with Gasteiger partial charge in [-0.05, 0) is 25.3 Å². The Morgan fingerprint density at radius 3 is 2.94 bits per heavy atom. The summed E-state index contributed by atoms with van der Waals surface area (Å²) in [4.78, 5) is 13.5. The van der Waals surface area contributed by atoms with E-state index < -0.39 is 0 Å². The summed E-state index contributed by atoms with van der Waals surface area (Å²) < 4.78 is 11.9. The molecular weight excluding hydrogens is 235 g/mol. The van der Waals surface area contributed by atoms with Crippen molar-refractivity contribution in [1.82, 2.24) is 20.4 Å². The van der Waals surface area contributed by atoms with Crippen molar-refractivity contribution < 1.29 is 9.18 Å². The molecule has 1 fully saturated rings. The fourth-order valence-corrected chi connectivity index (χ4v) is 2.26. The molecule has 2 amide bonds. The fourth-order valence-electron chi connectivity index (χ4n) is 2.26. The average molecular weight is 254 g/mol. The molecule has 0 bridgehead atoms. The van der Waals surface area contributed by atoms with Gasteiger partial charge in [0.1, 0.15) is 0 Å². The van der Waals surface area contributed by atoms with Crippen molar-refractivity contribution in [3.8, 4) is 0 Å². The van der Waals surface area contributed by atoms with Gasteiger partial charge in [-0.3, -0.25) is 9.49 Å². The third-order valence-electron chi connectivity index (χ3n) is 3.33. The first-order valence-corrected chi connectivity index (χ1v) is 6.39. The first kappa shape index (κ1) is 12.9. The summed E-state index contributed by atoms with van der Waals surface area (Å²) in [5, 5.41) is 9.66. The highest BCUT2D eigenvalue weighted by Crippen LogP contribution is 2.26. The Balaban J connectivity index is 1.74. The average Bonchev–Trinajstić information content (AvgIpc) is 2.93. The van der Waals surface area contributed by atoms with Crippen molar-refractivity contribution in [2.75, 3.05) is 26.3 Å². The van der Waals surface area contributed by atoms with E-state index in [9.17, 15) is 9.18 Å². The number of carbonyl (C=O) groups excluding carboxylic acids is 1. The number of H-pyrrole nitrogens is 1. The topological polar surface area (TPSA) is 61.0 Å². The number of carbonyl (C=O) groups is 1. The van der Waals surface area contributed by atoms with Gasteiger partial charge in [0, 0.05) is 37.4 Å². The molecular formula is C12H19FN4O. The number of hydrogen-bond acceptors (Lipinski definition) is 2. The van der Waals surface area contributed by atoms with Crippen molar-refractivity contribution >= 4 is 6.03 Å². The number of nitrogens with zero attached hydrogens (tertiary/aromatic N) is 2. The first-order valence-electron chi connectivity index (χ1n) is 6.39. The van der Waals surface area contributed by atoms with Crippen molar-refractivity contribution in [1.29, 1.82) is 0 Å². The molecule has 2 rings (SSSR count). The monoisotopic (exact) mass is 254 g/mol. The molecule has 0 radical (unpaired) electrons. The maximum Gasteiger partial charge on any atom is 0.317 e. The number of halogens is 1. The molecule has 0 unspecified atom stereocenters. The number of piperidine rings is 1. The number of aromatic amines is 1. The zero-order valence-corrected chi connectivity index (χ0v) is 10.4. The molecule has 1 aromatic heterocycles. The number of rotatable bonds is 4. The minimum atomic E-state index is -0.387. The molecule has 0 aliphatic carbocycles. The van der Waals surface area contributed by atoms with Crippen LogP contribution >= 0.6 is 0 Å². The molecule has 0 saturated carbocycles. The predicted octanol–water partition coefficient (Wildman–Crippen LogP) is 1.66. The van der Waals surface area contributed by atoms with E-state index in [0.717, 1.165) is 31.6 Å². The van der Waals surface area contributed by atoms with Gasteiger partial charge in [-0.2, -0.15) is 5.10 Å². The summed E-state index contributed by atoms with van der Waals surface area (Å²) in [7, 11) is 0. The zero-order valence-electron chi connectivity index (χ0n) is 10.4. The molecule has 1 aliphatic rings. The van der Waals surface area contributed by atoms with Crippen molar-refractivity contribution in [3.05, 3.63) is 18.0 Å². The number of aromatic nitrogens is 2. The zero-order chi connectivity index (χ0) is 12.8. The standard InChI is InChI=1S/C12H19FN4O/c13-5-1-6-14-12(18)17-8-3-10(4-9-17)11-2-7-15-16-11/h2,7,10H,1,3-6,8-9H2,(H,14,18)(H,15,16). The van der Waals surface area contributed by atoms with Gasteiger partial charge < -0.3 is 10.2 Å². The summed E-state index contributed by atoms with van der Waals surface area (Å²) in [5.41, 5.74) is 1.15. The Labute approximate surface area is 106 Å². The fraction of sp³-hybridized carbons (Fsp3) is 0.667. The molecule has 0 aromatic carbocycles. The second-order valence-corrected chi connectivity index (χ2v) is 4.55. The van der Waals surface area contributed by atoms with E-state index >= 15 is 0 Å². The van der Waals surface area contributed by atoms with Crippen LogP contribution in [-0.2, 0) is 0 Å². The smallest absolute Gasteiger partial charge is 0.317 e. The quantitative estimate of drug-likeness (QED) is 0.803. The van der Waals surface area contributed by atoms with Crippen LogP contribution in [0, 0.1) is 0 Å². The number of nitrogens with one attached hydrogen (secondary N) is 2. The highest BCUT2D eigenvalue weighted by molar-refractivity contribution is 5.74. The van der Waals surface area contributed by atoms with Crippen LogP contribution in [0.5, 0.6) is 0 Å². The second-order valence-electron chi connectivity index (χ2n) is 4.55. The Hall–Kier alpha value is -1.59. The second kappa shape index (κ2) is 6.37. The van der Waals surface area contributed by atoms with Gasteiger partial charge in [-0.1, -0.05) is 0 Å². The Bertz CT molecular complexity index is 360. The minimum absolute atomic E-state index is 0.0773. The van der Waals surface area contributed by atoms with Crippen LogP contribution in [0.15, 0.2) is 12.3 Å². The van der Waals surface area contributed by atoms with E-state index in [1.807, 2.05) is 6.07 Å². The third-order valence-corrected chi connectivity index (χ3v) is 3.33. The van der Waals surface area contributed by atoms with E-state index in [1.165, 1.54) is 0 Å². The molecule has 1 aromatic rings. The van der Waals surface area contributed by atoms with Crippen molar-refractivity contribution in [2.45, 2.75) is 25.2 Å². The molecule has 1 saturated heterocycles. The lowest BCUT2D eigenvalue weighted by molar-refractivity contribution is 0.180. The van der Waals surface area contributed by atoms with Gasteiger partial charge in [0.15, 0.2) is 0 Å². The molecule has 0 atom stereocenters. The van der Waals surface area contributed by atoms with Gasteiger partial charge in [0.05, 0.1) is 6.67 Å². The minimum Gasteiger partial charge on any atom is -0.338 e. The van der Waals surface area contributed by atoms with Crippen LogP contribution in [-0.4, -0.2) is 47.4 Å². The third kappa shape index (κ3) is 3.21. The van der Waals surface area contributed by atoms with Gasteiger partial charge in [-0.25, -0.2) is 4.79 Å². The Morgan fingerprint density at radius 1 is 1.56 bits per heavy atom. The number of likely N-dealkylation sites (tertiary alicyclic amines) is 1. The van der Waals surface area contributed by atoms with Crippen molar-refractivity contribution in [2.24, 2.45) is 0 Å². The summed E-state index contributed by atoms with van der Waals surface area (Å²) in [6.07, 6.45) is 4.03. The van der Waals surface area contributed by atoms with Crippen LogP contribution in [0.25, 0.3) is 0 Å². The molecule has 1 aliphatic heterocycles. The number of amides is 2. The lowest BCUT2D eigenvalue weighted by Gasteiger charge is -2.31. The first-order chi connectivity index (χ1) is 8.81. The van der Waals surface area contributed by atoms with E-state index in [0.29, 0.717) is 18.9 Å². The Kier molecular flexibility index (Phi) is 4.55.